The molecule has 0 saturated carbocycles. The van der Waals surface area contributed by atoms with Gasteiger partial charge in [0.2, 0.25) is 0 Å². The van der Waals surface area contributed by atoms with E-state index in [2.05, 4.69) is 67.8 Å². The van der Waals surface area contributed by atoms with Gasteiger partial charge in [0.1, 0.15) is 0 Å². The summed E-state index contributed by atoms with van der Waals surface area (Å²) >= 11 is 0. The predicted molar refractivity (Wildman–Crippen MR) is 64.2 cm³/mol. The average Bonchev–Trinajstić information content (AvgIpc) is 2.59. The zero-order valence-corrected chi connectivity index (χ0v) is 9.57. The third-order valence-corrected chi connectivity index (χ3v) is 2.99. The second kappa shape index (κ2) is 3.93. The van der Waals surface area contributed by atoms with Crippen molar-refractivity contribution >= 4 is 0 Å². The summed E-state index contributed by atoms with van der Waals surface area (Å²) < 4.78 is 2.37. The summed E-state index contributed by atoms with van der Waals surface area (Å²) in [6, 6.07) is 15.4. The summed E-state index contributed by atoms with van der Waals surface area (Å²) in [6.45, 7) is 6.56. The van der Waals surface area contributed by atoms with Crippen LogP contribution < -0.4 is 0 Å². The molecule has 78 valence electrons. The number of aromatic nitrogens is 1. The van der Waals surface area contributed by atoms with Crippen molar-refractivity contribution in [3.63, 3.8) is 0 Å². The van der Waals surface area contributed by atoms with Crippen molar-refractivity contribution < 1.29 is 0 Å². The minimum atomic E-state index is 0.418. The Labute approximate surface area is 91.4 Å². The summed E-state index contributed by atoms with van der Waals surface area (Å²) in [5, 5.41) is 0. The lowest BCUT2D eigenvalue weighted by Gasteiger charge is -2.18. The molecule has 1 unspecified atom stereocenters. The molecule has 1 nitrogen and oxygen atoms in total. The molecule has 1 aromatic heterocycles. The lowest BCUT2D eigenvalue weighted by atomic mass is 10.1. The Hall–Kier alpha value is -1.50. The van der Waals surface area contributed by atoms with E-state index in [1.807, 2.05) is 0 Å². The van der Waals surface area contributed by atoms with Gasteiger partial charge in [-0.05, 0) is 38.5 Å². The van der Waals surface area contributed by atoms with E-state index in [1.54, 1.807) is 0 Å². The highest BCUT2D eigenvalue weighted by Gasteiger charge is 2.10. The van der Waals surface area contributed by atoms with Crippen LogP contribution >= 0.6 is 0 Å². The van der Waals surface area contributed by atoms with Gasteiger partial charge in [0.15, 0.2) is 0 Å². The average molecular weight is 199 g/mol. The number of hydrogen-bond acceptors (Lipinski definition) is 0. The van der Waals surface area contributed by atoms with Gasteiger partial charge in [-0.3, -0.25) is 0 Å². The quantitative estimate of drug-likeness (QED) is 0.694. The number of hydrogen-bond donors (Lipinski definition) is 0. The van der Waals surface area contributed by atoms with E-state index >= 15 is 0 Å². The number of benzene rings is 1. The normalized spacial score (nSPS) is 12.7. The monoisotopic (exact) mass is 199 g/mol. The summed E-state index contributed by atoms with van der Waals surface area (Å²) in [5.41, 5.74) is 4.01. The van der Waals surface area contributed by atoms with Crippen LogP contribution in [0.5, 0.6) is 0 Å². The molecule has 0 aliphatic heterocycles. The second-order valence-corrected chi connectivity index (χ2v) is 4.07. The van der Waals surface area contributed by atoms with Crippen LogP contribution in [0.15, 0.2) is 42.5 Å². The van der Waals surface area contributed by atoms with Crippen molar-refractivity contribution in [2.45, 2.75) is 26.8 Å². The SMILES string of the molecule is Cc1ccc(C)n1C(C)c1ccccc1. The Morgan fingerprint density at radius 1 is 0.867 bits per heavy atom. The molecule has 0 aliphatic carbocycles. The zero-order valence-electron chi connectivity index (χ0n) is 9.57. The molecule has 1 atom stereocenters. The minimum absolute atomic E-state index is 0.418. The molecule has 0 aliphatic rings. The Morgan fingerprint density at radius 2 is 1.40 bits per heavy atom. The Morgan fingerprint density at radius 3 is 1.93 bits per heavy atom. The molecule has 0 fully saturated rings. The van der Waals surface area contributed by atoms with Crippen molar-refractivity contribution in [3.8, 4) is 0 Å². The van der Waals surface area contributed by atoms with E-state index in [1.165, 1.54) is 17.0 Å². The molecule has 1 heterocycles. The van der Waals surface area contributed by atoms with Crippen LogP contribution in [-0.4, -0.2) is 4.57 Å². The van der Waals surface area contributed by atoms with Gasteiger partial charge < -0.3 is 4.57 Å². The van der Waals surface area contributed by atoms with Gasteiger partial charge in [-0.25, -0.2) is 0 Å². The summed E-state index contributed by atoms with van der Waals surface area (Å²) in [4.78, 5) is 0. The smallest absolute Gasteiger partial charge is 0.0556 e. The molecule has 1 heteroatoms. The standard InChI is InChI=1S/C14H17N/c1-11-9-10-12(2)15(11)13(3)14-7-5-4-6-8-14/h4-10,13H,1-3H3. The summed E-state index contributed by atoms with van der Waals surface area (Å²) in [7, 11) is 0. The third kappa shape index (κ3) is 1.82. The van der Waals surface area contributed by atoms with Gasteiger partial charge in [-0.15, -0.1) is 0 Å². The number of nitrogens with zero attached hydrogens (tertiary/aromatic N) is 1. The molecule has 0 bridgehead atoms. The lowest BCUT2D eigenvalue weighted by Crippen LogP contribution is -2.09. The van der Waals surface area contributed by atoms with Crippen LogP contribution in [0.25, 0.3) is 0 Å². The van der Waals surface area contributed by atoms with Crippen molar-refractivity contribution in [1.29, 1.82) is 0 Å². The number of rotatable bonds is 2. The van der Waals surface area contributed by atoms with Gasteiger partial charge in [0.05, 0.1) is 6.04 Å². The fourth-order valence-electron chi connectivity index (χ4n) is 2.17. The van der Waals surface area contributed by atoms with E-state index < -0.39 is 0 Å². The van der Waals surface area contributed by atoms with Crippen molar-refractivity contribution in [2.75, 3.05) is 0 Å². The topological polar surface area (TPSA) is 4.93 Å². The molecule has 15 heavy (non-hydrogen) atoms. The van der Waals surface area contributed by atoms with Crippen LogP contribution in [0.1, 0.15) is 29.9 Å². The molecule has 0 radical (unpaired) electrons. The van der Waals surface area contributed by atoms with Crippen LogP contribution in [0, 0.1) is 13.8 Å². The van der Waals surface area contributed by atoms with Crippen LogP contribution in [0.4, 0.5) is 0 Å². The van der Waals surface area contributed by atoms with Crippen LogP contribution in [-0.2, 0) is 0 Å². The molecule has 2 aromatic rings. The van der Waals surface area contributed by atoms with E-state index in [-0.39, 0.29) is 0 Å². The predicted octanol–water partition coefficient (Wildman–Crippen LogP) is 3.71. The largest absolute Gasteiger partial charge is 0.342 e. The number of aryl methyl sites for hydroxylation is 2. The Kier molecular flexibility index (Phi) is 2.63. The highest BCUT2D eigenvalue weighted by Crippen LogP contribution is 2.22. The van der Waals surface area contributed by atoms with Crippen molar-refractivity contribution in [1.82, 2.24) is 4.57 Å². The maximum atomic E-state index is 2.37. The van der Waals surface area contributed by atoms with Crippen LogP contribution in [0.2, 0.25) is 0 Å². The molecule has 0 spiro atoms. The van der Waals surface area contributed by atoms with E-state index in [4.69, 9.17) is 0 Å². The highest BCUT2D eigenvalue weighted by atomic mass is 15.0. The molecule has 0 N–H and O–H groups in total. The summed E-state index contributed by atoms with van der Waals surface area (Å²) in [6.07, 6.45) is 0. The van der Waals surface area contributed by atoms with Gasteiger partial charge in [-0.2, -0.15) is 0 Å². The Bertz CT molecular complexity index is 420. The van der Waals surface area contributed by atoms with E-state index in [0.717, 1.165) is 0 Å². The minimum Gasteiger partial charge on any atom is -0.342 e. The molecule has 1 aromatic carbocycles. The molecule has 0 amide bonds. The molecular weight excluding hydrogens is 182 g/mol. The second-order valence-electron chi connectivity index (χ2n) is 4.07. The van der Waals surface area contributed by atoms with Gasteiger partial charge in [-0.1, -0.05) is 30.3 Å². The third-order valence-electron chi connectivity index (χ3n) is 2.99. The fraction of sp³-hybridized carbons (Fsp3) is 0.286. The first kappa shape index (κ1) is 10.0. The first-order valence-electron chi connectivity index (χ1n) is 5.39. The van der Waals surface area contributed by atoms with E-state index in [9.17, 15) is 0 Å². The first-order valence-corrected chi connectivity index (χ1v) is 5.39. The van der Waals surface area contributed by atoms with Crippen molar-refractivity contribution in [2.24, 2.45) is 0 Å². The fourth-order valence-corrected chi connectivity index (χ4v) is 2.17. The Balaban J connectivity index is 2.41. The molecular formula is C14H17N. The molecule has 0 saturated heterocycles. The zero-order chi connectivity index (χ0) is 10.8. The highest BCUT2D eigenvalue weighted by molar-refractivity contribution is 5.24. The van der Waals surface area contributed by atoms with Gasteiger partial charge in [0.25, 0.3) is 0 Å². The maximum Gasteiger partial charge on any atom is 0.0556 e. The first-order chi connectivity index (χ1) is 7.20. The summed E-state index contributed by atoms with van der Waals surface area (Å²) in [5.74, 6) is 0. The molecule has 2 rings (SSSR count). The van der Waals surface area contributed by atoms with Gasteiger partial charge >= 0.3 is 0 Å². The van der Waals surface area contributed by atoms with Crippen LogP contribution in [0.3, 0.4) is 0 Å². The maximum absolute atomic E-state index is 2.37. The lowest BCUT2D eigenvalue weighted by molar-refractivity contribution is 0.610. The van der Waals surface area contributed by atoms with Crippen molar-refractivity contribution in [3.05, 3.63) is 59.4 Å². The van der Waals surface area contributed by atoms with E-state index in [0.29, 0.717) is 6.04 Å². The van der Waals surface area contributed by atoms with Gasteiger partial charge in [0, 0.05) is 11.4 Å².